The molecule has 21 heavy (non-hydrogen) atoms. The van der Waals surface area contributed by atoms with Crippen LogP contribution in [0.2, 0.25) is 0 Å². The molecule has 3 heterocycles. The van der Waals surface area contributed by atoms with Gasteiger partial charge in [-0.2, -0.15) is 0 Å². The smallest absolute Gasteiger partial charge is 0.276 e. The molecule has 1 N–H and O–H groups in total. The highest BCUT2D eigenvalue weighted by molar-refractivity contribution is 5.92. The van der Waals surface area contributed by atoms with Crippen molar-refractivity contribution in [1.29, 1.82) is 0 Å². The summed E-state index contributed by atoms with van der Waals surface area (Å²) in [5, 5.41) is 7.42. The van der Waals surface area contributed by atoms with E-state index < -0.39 is 0 Å². The van der Waals surface area contributed by atoms with E-state index in [2.05, 4.69) is 10.5 Å². The Morgan fingerprint density at radius 2 is 2.29 bits per heavy atom. The molecule has 2 saturated heterocycles. The van der Waals surface area contributed by atoms with Gasteiger partial charge in [-0.15, -0.1) is 0 Å². The Hall–Kier alpha value is -1.40. The van der Waals surface area contributed by atoms with Gasteiger partial charge in [0.1, 0.15) is 6.61 Å². The molecule has 2 aliphatic rings. The molecule has 0 aromatic carbocycles. The number of nitrogens with one attached hydrogen (secondary N) is 1. The maximum absolute atomic E-state index is 12.4. The summed E-state index contributed by atoms with van der Waals surface area (Å²) in [6, 6.07) is 2.33. The number of aromatic nitrogens is 1. The molecule has 0 saturated carbocycles. The number of methoxy groups -OCH3 is 1. The van der Waals surface area contributed by atoms with E-state index in [1.807, 2.05) is 4.90 Å². The van der Waals surface area contributed by atoms with Crippen LogP contribution in [0.4, 0.5) is 0 Å². The molecule has 1 atom stereocenters. The average molecular weight is 293 g/mol. The van der Waals surface area contributed by atoms with Gasteiger partial charge in [-0.1, -0.05) is 5.16 Å². The van der Waals surface area contributed by atoms with E-state index >= 15 is 0 Å². The SMILES string of the molecule is COCc1cc(C(=O)N2CCC(C3CCCN3)CC2)no1. The third-order valence-corrected chi connectivity index (χ3v) is 4.56. The highest BCUT2D eigenvalue weighted by atomic mass is 16.5. The number of ether oxygens (including phenoxy) is 1. The minimum atomic E-state index is -0.0288. The summed E-state index contributed by atoms with van der Waals surface area (Å²) >= 11 is 0. The fourth-order valence-corrected chi connectivity index (χ4v) is 3.40. The first kappa shape index (κ1) is 14.5. The first-order valence-corrected chi connectivity index (χ1v) is 7.75. The van der Waals surface area contributed by atoms with E-state index in [1.54, 1.807) is 13.2 Å². The molecule has 3 rings (SSSR count). The molecule has 1 aromatic heterocycles. The van der Waals surface area contributed by atoms with Crippen LogP contribution in [0, 0.1) is 5.92 Å². The molecular formula is C15H23N3O3. The summed E-state index contributed by atoms with van der Waals surface area (Å²) in [4.78, 5) is 14.3. The molecule has 0 bridgehead atoms. The fourth-order valence-electron chi connectivity index (χ4n) is 3.40. The minimum Gasteiger partial charge on any atom is -0.377 e. The molecular weight excluding hydrogens is 270 g/mol. The number of piperidine rings is 1. The highest BCUT2D eigenvalue weighted by Gasteiger charge is 2.31. The van der Waals surface area contributed by atoms with Crippen LogP contribution in [0.1, 0.15) is 41.9 Å². The molecule has 0 spiro atoms. The zero-order valence-corrected chi connectivity index (χ0v) is 12.5. The summed E-state index contributed by atoms with van der Waals surface area (Å²) < 4.78 is 10.1. The highest BCUT2D eigenvalue weighted by Crippen LogP contribution is 2.26. The van der Waals surface area contributed by atoms with Crippen molar-refractivity contribution in [1.82, 2.24) is 15.4 Å². The first-order chi connectivity index (χ1) is 10.3. The van der Waals surface area contributed by atoms with Crippen molar-refractivity contribution < 1.29 is 14.1 Å². The lowest BCUT2D eigenvalue weighted by atomic mass is 9.88. The van der Waals surface area contributed by atoms with Crippen LogP contribution in [-0.2, 0) is 11.3 Å². The number of amides is 1. The molecule has 0 aliphatic carbocycles. The zero-order chi connectivity index (χ0) is 14.7. The van der Waals surface area contributed by atoms with Gasteiger partial charge in [-0.05, 0) is 38.1 Å². The van der Waals surface area contributed by atoms with Crippen LogP contribution in [0.25, 0.3) is 0 Å². The molecule has 2 fully saturated rings. The summed E-state index contributed by atoms with van der Waals surface area (Å²) in [6.07, 6.45) is 4.71. The Morgan fingerprint density at radius 1 is 1.48 bits per heavy atom. The van der Waals surface area contributed by atoms with Crippen molar-refractivity contribution in [2.45, 2.75) is 38.3 Å². The maximum Gasteiger partial charge on any atom is 0.276 e. The van der Waals surface area contributed by atoms with Crippen molar-refractivity contribution in [3.63, 3.8) is 0 Å². The monoisotopic (exact) mass is 293 g/mol. The standard InChI is InChI=1S/C15H23N3O3/c1-20-10-12-9-14(17-21-12)15(19)18-7-4-11(5-8-18)13-3-2-6-16-13/h9,11,13,16H,2-8,10H2,1H3. The van der Waals surface area contributed by atoms with E-state index in [9.17, 15) is 4.79 Å². The Labute approximate surface area is 124 Å². The Morgan fingerprint density at radius 3 is 2.95 bits per heavy atom. The number of hydrogen-bond acceptors (Lipinski definition) is 5. The van der Waals surface area contributed by atoms with Crippen LogP contribution in [0.15, 0.2) is 10.6 Å². The van der Waals surface area contributed by atoms with Gasteiger partial charge >= 0.3 is 0 Å². The average Bonchev–Trinajstić information content (AvgIpc) is 3.19. The third kappa shape index (κ3) is 3.27. The van der Waals surface area contributed by atoms with Crippen LogP contribution < -0.4 is 5.32 Å². The van der Waals surface area contributed by atoms with Crippen molar-refractivity contribution >= 4 is 5.91 Å². The van der Waals surface area contributed by atoms with E-state index in [-0.39, 0.29) is 5.91 Å². The van der Waals surface area contributed by atoms with E-state index in [1.165, 1.54) is 12.8 Å². The zero-order valence-electron chi connectivity index (χ0n) is 12.5. The predicted molar refractivity (Wildman–Crippen MR) is 76.9 cm³/mol. The third-order valence-electron chi connectivity index (χ3n) is 4.56. The van der Waals surface area contributed by atoms with Crippen molar-refractivity contribution in [3.05, 3.63) is 17.5 Å². The summed E-state index contributed by atoms with van der Waals surface area (Å²) in [7, 11) is 1.59. The second-order valence-corrected chi connectivity index (χ2v) is 5.94. The van der Waals surface area contributed by atoms with Crippen LogP contribution >= 0.6 is 0 Å². The molecule has 6 heteroatoms. The van der Waals surface area contributed by atoms with Crippen molar-refractivity contribution in [2.75, 3.05) is 26.7 Å². The van der Waals surface area contributed by atoms with Crippen LogP contribution in [0.3, 0.4) is 0 Å². The van der Waals surface area contributed by atoms with Crippen molar-refractivity contribution in [2.24, 2.45) is 5.92 Å². The number of rotatable bonds is 4. The van der Waals surface area contributed by atoms with Crippen molar-refractivity contribution in [3.8, 4) is 0 Å². The van der Waals surface area contributed by atoms with Gasteiger partial charge in [-0.3, -0.25) is 4.79 Å². The lowest BCUT2D eigenvalue weighted by Gasteiger charge is -2.34. The van der Waals surface area contributed by atoms with Gasteiger partial charge in [0.25, 0.3) is 5.91 Å². The van der Waals surface area contributed by atoms with Gasteiger partial charge in [0.2, 0.25) is 0 Å². The Balaban J connectivity index is 1.54. The normalized spacial score (nSPS) is 23.7. The summed E-state index contributed by atoms with van der Waals surface area (Å²) in [5.41, 5.74) is 0.388. The summed E-state index contributed by atoms with van der Waals surface area (Å²) in [6.45, 7) is 3.11. The molecule has 6 nitrogen and oxygen atoms in total. The molecule has 1 amide bonds. The number of likely N-dealkylation sites (tertiary alicyclic amines) is 1. The van der Waals surface area contributed by atoms with Gasteiger partial charge in [0.05, 0.1) is 0 Å². The Kier molecular flexibility index (Phi) is 4.55. The van der Waals surface area contributed by atoms with Gasteiger partial charge in [0, 0.05) is 32.3 Å². The molecule has 2 aliphatic heterocycles. The number of carbonyl (C=O) groups excluding carboxylic acids is 1. The molecule has 0 radical (unpaired) electrons. The molecule has 116 valence electrons. The molecule has 1 unspecified atom stereocenters. The van der Waals surface area contributed by atoms with Gasteiger partial charge in [-0.25, -0.2) is 0 Å². The number of hydrogen-bond donors (Lipinski definition) is 1. The summed E-state index contributed by atoms with van der Waals surface area (Å²) in [5.74, 6) is 1.27. The maximum atomic E-state index is 12.4. The number of carbonyl (C=O) groups is 1. The first-order valence-electron chi connectivity index (χ1n) is 7.75. The topological polar surface area (TPSA) is 67.6 Å². The van der Waals surface area contributed by atoms with E-state index in [0.717, 1.165) is 32.5 Å². The van der Waals surface area contributed by atoms with Gasteiger partial charge < -0.3 is 19.5 Å². The Bertz CT molecular complexity index is 474. The second kappa shape index (κ2) is 6.58. The largest absolute Gasteiger partial charge is 0.377 e. The minimum absolute atomic E-state index is 0.0288. The van der Waals surface area contributed by atoms with Crippen LogP contribution in [-0.4, -0.2) is 48.7 Å². The fraction of sp³-hybridized carbons (Fsp3) is 0.733. The quantitative estimate of drug-likeness (QED) is 0.909. The lowest BCUT2D eigenvalue weighted by molar-refractivity contribution is 0.0663. The predicted octanol–water partition coefficient (Wildman–Crippen LogP) is 1.43. The lowest BCUT2D eigenvalue weighted by Crippen LogP contribution is -2.43. The van der Waals surface area contributed by atoms with Crippen LogP contribution in [0.5, 0.6) is 0 Å². The van der Waals surface area contributed by atoms with E-state index in [4.69, 9.17) is 9.26 Å². The second-order valence-electron chi connectivity index (χ2n) is 5.94. The molecule has 1 aromatic rings. The van der Waals surface area contributed by atoms with Gasteiger partial charge in [0.15, 0.2) is 11.5 Å². The number of nitrogens with zero attached hydrogens (tertiary/aromatic N) is 2. The van der Waals surface area contributed by atoms with E-state index in [0.29, 0.717) is 30.0 Å².